The van der Waals surface area contributed by atoms with Crippen molar-refractivity contribution in [1.29, 1.82) is 5.26 Å². The Morgan fingerprint density at radius 2 is 1.83 bits per heavy atom. The molecular formula is C23H24N4O2S. The molecule has 3 aromatic rings. The van der Waals surface area contributed by atoms with Gasteiger partial charge in [-0.25, -0.2) is 9.97 Å². The van der Waals surface area contributed by atoms with Crippen LogP contribution in [0.1, 0.15) is 18.1 Å². The second kappa shape index (κ2) is 9.51. The van der Waals surface area contributed by atoms with Crippen molar-refractivity contribution < 1.29 is 9.47 Å². The number of hydrogen-bond donors (Lipinski definition) is 0. The fourth-order valence-electron chi connectivity index (χ4n) is 3.26. The van der Waals surface area contributed by atoms with Gasteiger partial charge in [0.15, 0.2) is 22.5 Å². The summed E-state index contributed by atoms with van der Waals surface area (Å²) in [5.41, 5.74) is 3.88. The molecule has 0 N–H and O–H groups in total. The van der Waals surface area contributed by atoms with Crippen molar-refractivity contribution >= 4 is 23.3 Å². The van der Waals surface area contributed by atoms with Crippen LogP contribution in [-0.2, 0) is 0 Å². The van der Waals surface area contributed by atoms with Crippen LogP contribution in [0.2, 0.25) is 0 Å². The molecule has 0 atom stereocenters. The van der Waals surface area contributed by atoms with Gasteiger partial charge in [-0.15, -0.1) is 0 Å². The van der Waals surface area contributed by atoms with Crippen molar-refractivity contribution in [3.8, 4) is 28.8 Å². The zero-order valence-electron chi connectivity index (χ0n) is 17.8. The Bertz CT molecular complexity index is 1100. The lowest BCUT2D eigenvalue weighted by atomic mass is 10.1. The molecule has 0 amide bonds. The van der Waals surface area contributed by atoms with E-state index in [0.29, 0.717) is 40.3 Å². The number of thioether (sulfide) groups is 1. The van der Waals surface area contributed by atoms with Gasteiger partial charge < -0.3 is 14.4 Å². The van der Waals surface area contributed by atoms with Gasteiger partial charge >= 0.3 is 0 Å². The largest absolute Gasteiger partial charge is 0.493 e. The fourth-order valence-corrected chi connectivity index (χ4v) is 3.62. The summed E-state index contributed by atoms with van der Waals surface area (Å²) in [4.78, 5) is 11.4. The summed E-state index contributed by atoms with van der Waals surface area (Å²) >= 11 is 1.44. The number of rotatable bonds is 7. The van der Waals surface area contributed by atoms with E-state index < -0.39 is 0 Å². The van der Waals surface area contributed by atoms with E-state index in [1.54, 1.807) is 14.2 Å². The van der Waals surface area contributed by atoms with Crippen LogP contribution in [0.5, 0.6) is 11.5 Å². The molecule has 3 rings (SSSR count). The Balaban J connectivity index is 2.25. The first-order chi connectivity index (χ1) is 14.6. The molecule has 0 unspecified atom stereocenters. The van der Waals surface area contributed by atoms with Crippen LogP contribution in [0.15, 0.2) is 47.6 Å². The number of benzene rings is 2. The van der Waals surface area contributed by atoms with Crippen molar-refractivity contribution in [2.75, 3.05) is 31.9 Å². The van der Waals surface area contributed by atoms with E-state index in [-0.39, 0.29) is 0 Å². The zero-order valence-corrected chi connectivity index (χ0v) is 18.6. The van der Waals surface area contributed by atoms with Crippen LogP contribution >= 0.6 is 11.8 Å². The number of nitrogens with zero attached hydrogens (tertiary/aromatic N) is 4. The van der Waals surface area contributed by atoms with Crippen molar-refractivity contribution in [3.63, 3.8) is 0 Å². The second-order valence-corrected chi connectivity index (χ2v) is 7.30. The maximum absolute atomic E-state index is 10.1. The molecule has 0 aliphatic heterocycles. The van der Waals surface area contributed by atoms with Gasteiger partial charge in [0.25, 0.3) is 0 Å². The van der Waals surface area contributed by atoms with Crippen molar-refractivity contribution in [3.05, 3.63) is 53.6 Å². The summed E-state index contributed by atoms with van der Waals surface area (Å²) in [5, 5.41) is 10.7. The number of nitriles is 1. The average Bonchev–Trinajstić information content (AvgIpc) is 2.78. The predicted octanol–water partition coefficient (Wildman–Crippen LogP) is 5.22. The minimum atomic E-state index is 0.420. The smallest absolute Gasteiger partial charge is 0.189 e. The standard InChI is InChI=1S/C23H24N4O2S/c1-6-27(17-9-7-8-15(2)12-17)22-18(14-24)21(25-23(26-22)30-5)16-10-11-19(28-3)20(13-16)29-4/h7-13H,6H2,1-5H3. The van der Waals surface area contributed by atoms with E-state index in [2.05, 4.69) is 17.1 Å². The van der Waals surface area contributed by atoms with E-state index in [0.717, 1.165) is 16.8 Å². The van der Waals surface area contributed by atoms with Gasteiger partial charge in [-0.1, -0.05) is 23.9 Å². The highest BCUT2D eigenvalue weighted by Gasteiger charge is 2.22. The Kier molecular flexibility index (Phi) is 6.80. The Morgan fingerprint density at radius 1 is 1.07 bits per heavy atom. The average molecular weight is 421 g/mol. The van der Waals surface area contributed by atoms with Crippen LogP contribution < -0.4 is 14.4 Å². The van der Waals surface area contributed by atoms with E-state index >= 15 is 0 Å². The van der Waals surface area contributed by atoms with Crippen LogP contribution in [0.3, 0.4) is 0 Å². The first kappa shape index (κ1) is 21.5. The molecule has 0 bridgehead atoms. The molecule has 30 heavy (non-hydrogen) atoms. The van der Waals surface area contributed by atoms with Gasteiger partial charge in [-0.2, -0.15) is 5.26 Å². The van der Waals surface area contributed by atoms with Crippen LogP contribution in [0.4, 0.5) is 11.5 Å². The van der Waals surface area contributed by atoms with Gasteiger partial charge in [0.05, 0.1) is 19.9 Å². The summed E-state index contributed by atoms with van der Waals surface area (Å²) in [6.45, 7) is 4.75. The first-order valence-electron chi connectivity index (χ1n) is 9.49. The van der Waals surface area contributed by atoms with Gasteiger partial charge in [0, 0.05) is 17.8 Å². The maximum atomic E-state index is 10.1. The molecule has 0 aliphatic carbocycles. The van der Waals surface area contributed by atoms with E-state index in [1.165, 1.54) is 11.8 Å². The predicted molar refractivity (Wildman–Crippen MR) is 121 cm³/mol. The molecule has 0 saturated heterocycles. The molecule has 2 aromatic carbocycles. The molecule has 7 heteroatoms. The number of hydrogen-bond acceptors (Lipinski definition) is 7. The molecule has 0 fully saturated rings. The minimum absolute atomic E-state index is 0.420. The lowest BCUT2D eigenvalue weighted by Gasteiger charge is -2.24. The molecule has 0 radical (unpaired) electrons. The fraction of sp³-hybridized carbons (Fsp3) is 0.261. The maximum Gasteiger partial charge on any atom is 0.189 e. The quantitative estimate of drug-likeness (QED) is 0.383. The molecule has 0 saturated carbocycles. The van der Waals surface area contributed by atoms with Gasteiger partial charge in [0.2, 0.25) is 0 Å². The molecule has 1 heterocycles. The lowest BCUT2D eigenvalue weighted by molar-refractivity contribution is 0.355. The van der Waals surface area contributed by atoms with Gasteiger partial charge in [0.1, 0.15) is 11.6 Å². The van der Waals surface area contributed by atoms with Crippen LogP contribution in [0, 0.1) is 18.3 Å². The molecule has 1 aromatic heterocycles. The Morgan fingerprint density at radius 3 is 2.43 bits per heavy atom. The van der Waals surface area contributed by atoms with E-state index in [1.807, 2.05) is 61.4 Å². The molecule has 154 valence electrons. The molecule has 0 aliphatic rings. The van der Waals surface area contributed by atoms with Gasteiger partial charge in [-0.05, 0) is 56.0 Å². The van der Waals surface area contributed by atoms with Crippen LogP contribution in [-0.4, -0.2) is 37.0 Å². The monoisotopic (exact) mass is 420 g/mol. The topological polar surface area (TPSA) is 71.3 Å². The Hall–Kier alpha value is -3.24. The SMILES string of the molecule is CCN(c1cccc(C)c1)c1nc(SC)nc(-c2ccc(OC)c(OC)c2)c1C#N. The minimum Gasteiger partial charge on any atom is -0.493 e. The van der Waals surface area contributed by atoms with Crippen molar-refractivity contribution in [2.45, 2.75) is 19.0 Å². The van der Waals surface area contributed by atoms with Crippen molar-refractivity contribution in [2.24, 2.45) is 0 Å². The number of aromatic nitrogens is 2. The van der Waals surface area contributed by atoms with Gasteiger partial charge in [-0.3, -0.25) is 0 Å². The second-order valence-electron chi connectivity index (χ2n) is 6.52. The molecular weight excluding hydrogens is 396 g/mol. The van der Waals surface area contributed by atoms with E-state index in [9.17, 15) is 5.26 Å². The molecule has 6 nitrogen and oxygen atoms in total. The summed E-state index contributed by atoms with van der Waals surface area (Å²) in [6, 6.07) is 16.0. The van der Waals surface area contributed by atoms with Crippen LogP contribution in [0.25, 0.3) is 11.3 Å². The third kappa shape index (κ3) is 4.19. The normalized spacial score (nSPS) is 10.4. The summed E-state index contributed by atoms with van der Waals surface area (Å²) in [6.07, 6.45) is 1.92. The summed E-state index contributed by atoms with van der Waals surface area (Å²) in [7, 11) is 3.18. The van der Waals surface area contributed by atoms with Crippen molar-refractivity contribution in [1.82, 2.24) is 9.97 Å². The van der Waals surface area contributed by atoms with E-state index in [4.69, 9.17) is 14.5 Å². The number of ether oxygens (including phenoxy) is 2. The first-order valence-corrected chi connectivity index (χ1v) is 10.7. The highest BCUT2D eigenvalue weighted by Crippen LogP contribution is 2.37. The molecule has 0 spiro atoms. The Labute approximate surface area is 181 Å². The number of aryl methyl sites for hydroxylation is 1. The number of anilines is 2. The summed E-state index contributed by atoms with van der Waals surface area (Å²) in [5.74, 6) is 1.79. The highest BCUT2D eigenvalue weighted by atomic mass is 32.2. The third-order valence-corrected chi connectivity index (χ3v) is 5.25. The summed E-state index contributed by atoms with van der Waals surface area (Å²) < 4.78 is 10.8. The number of methoxy groups -OCH3 is 2. The third-order valence-electron chi connectivity index (χ3n) is 4.71. The zero-order chi connectivity index (χ0) is 21.7. The highest BCUT2D eigenvalue weighted by molar-refractivity contribution is 7.98. The lowest BCUT2D eigenvalue weighted by Crippen LogP contribution is -2.20.